The fraction of sp³-hybridized carbons (Fsp3) is 0.412. The van der Waals surface area contributed by atoms with Gasteiger partial charge in [0.15, 0.2) is 0 Å². The quantitative estimate of drug-likeness (QED) is 0.305. The fourth-order valence-electron chi connectivity index (χ4n) is 6.85. The second-order valence-corrected chi connectivity index (χ2v) is 13.5. The molecule has 1 aliphatic carbocycles. The molecule has 0 spiro atoms. The van der Waals surface area contributed by atoms with Crippen LogP contribution in [0.1, 0.15) is 37.7 Å². The van der Waals surface area contributed by atoms with E-state index in [0.717, 1.165) is 55.6 Å². The lowest BCUT2D eigenvalue weighted by Crippen LogP contribution is -2.62. The number of urea groups is 1. The van der Waals surface area contributed by atoms with E-state index in [1.54, 1.807) is 11.0 Å². The van der Waals surface area contributed by atoms with E-state index in [1.807, 2.05) is 60.4 Å². The molecular weight excluding hydrogens is 588 g/mol. The molecule has 4 fully saturated rings. The third-order valence-electron chi connectivity index (χ3n) is 9.25. The Balaban J connectivity index is 1.09. The zero-order chi connectivity index (χ0) is 31.1. The van der Waals surface area contributed by atoms with Crippen molar-refractivity contribution in [1.82, 2.24) is 20.9 Å². The van der Waals surface area contributed by atoms with Gasteiger partial charge in [0.05, 0.1) is 22.0 Å². The predicted molar refractivity (Wildman–Crippen MR) is 171 cm³/mol. The van der Waals surface area contributed by atoms with Gasteiger partial charge in [-0.1, -0.05) is 42.1 Å². The molecule has 2 aromatic rings. The molecule has 5 aliphatic rings. The number of piperidine rings is 2. The van der Waals surface area contributed by atoms with Crippen LogP contribution in [0.3, 0.4) is 0 Å². The third kappa shape index (κ3) is 5.80. The average Bonchev–Trinajstić information content (AvgIpc) is 3.80. The molecule has 0 bridgehead atoms. The highest BCUT2D eigenvalue weighted by Gasteiger charge is 2.52. The third-order valence-corrected chi connectivity index (χ3v) is 10.6. The first-order valence-electron chi connectivity index (χ1n) is 15.7. The lowest BCUT2D eigenvalue weighted by Gasteiger charge is -2.46. The SMILES string of the molecule is Cc1c(Oc2ccccc2)cccc1N1C(=O)NC2=C(C(=O)N[C@H]3CCCN(C(=O)/C(C#N)=C/C4CC4)C3)SC3NCCC1C23. The van der Waals surface area contributed by atoms with Crippen molar-refractivity contribution in [3.63, 3.8) is 0 Å². The number of nitriles is 1. The van der Waals surface area contributed by atoms with E-state index in [0.29, 0.717) is 35.4 Å². The molecule has 3 unspecified atom stereocenters. The summed E-state index contributed by atoms with van der Waals surface area (Å²) < 4.78 is 6.17. The first-order chi connectivity index (χ1) is 21.9. The number of anilines is 1. The number of nitrogens with one attached hydrogen (secondary N) is 3. The first-order valence-corrected chi connectivity index (χ1v) is 16.6. The molecule has 4 amide bonds. The monoisotopic (exact) mass is 624 g/mol. The van der Waals surface area contributed by atoms with Crippen molar-refractivity contribution in [2.75, 3.05) is 24.5 Å². The number of rotatable bonds is 7. The second kappa shape index (κ2) is 12.3. The van der Waals surface area contributed by atoms with E-state index < -0.39 is 0 Å². The zero-order valence-corrected chi connectivity index (χ0v) is 25.9. The van der Waals surface area contributed by atoms with Gasteiger partial charge >= 0.3 is 6.03 Å². The number of nitrogens with zero attached hydrogens (tertiary/aromatic N) is 3. The molecule has 0 radical (unpaired) electrons. The van der Waals surface area contributed by atoms with Gasteiger partial charge in [0.1, 0.15) is 23.1 Å². The van der Waals surface area contributed by atoms with Crippen molar-refractivity contribution in [1.29, 1.82) is 5.26 Å². The van der Waals surface area contributed by atoms with E-state index >= 15 is 0 Å². The molecule has 1 saturated carbocycles. The van der Waals surface area contributed by atoms with Crippen molar-refractivity contribution in [2.45, 2.75) is 56.5 Å². The Labute approximate surface area is 266 Å². The topological polar surface area (TPSA) is 127 Å². The Morgan fingerprint density at radius 3 is 2.71 bits per heavy atom. The van der Waals surface area contributed by atoms with E-state index in [-0.39, 0.29) is 46.8 Å². The van der Waals surface area contributed by atoms with Gasteiger partial charge in [-0.05, 0) is 75.8 Å². The summed E-state index contributed by atoms with van der Waals surface area (Å²) in [7, 11) is 0. The number of likely N-dealkylation sites (tertiary alicyclic amines) is 1. The van der Waals surface area contributed by atoms with Gasteiger partial charge in [0, 0.05) is 36.3 Å². The largest absolute Gasteiger partial charge is 0.457 e. The van der Waals surface area contributed by atoms with E-state index in [9.17, 15) is 19.6 Å². The van der Waals surface area contributed by atoms with Crippen LogP contribution in [0.4, 0.5) is 10.5 Å². The number of thioether (sulfide) groups is 1. The van der Waals surface area contributed by atoms with Gasteiger partial charge in [-0.15, -0.1) is 0 Å². The van der Waals surface area contributed by atoms with Crippen molar-refractivity contribution >= 4 is 35.3 Å². The minimum atomic E-state index is -0.263. The maximum atomic E-state index is 13.8. The summed E-state index contributed by atoms with van der Waals surface area (Å²) in [4.78, 5) is 44.6. The van der Waals surface area contributed by atoms with Crippen molar-refractivity contribution < 1.29 is 19.1 Å². The van der Waals surface area contributed by atoms with Gasteiger partial charge in [-0.25, -0.2) is 4.79 Å². The number of hydrogen-bond acceptors (Lipinski definition) is 7. The van der Waals surface area contributed by atoms with Gasteiger partial charge in [0.25, 0.3) is 11.8 Å². The number of amides is 4. The first kappa shape index (κ1) is 29.4. The highest BCUT2D eigenvalue weighted by Crippen LogP contribution is 2.48. The van der Waals surface area contributed by atoms with Crippen LogP contribution in [0, 0.1) is 30.1 Å². The normalized spacial score (nSPS) is 26.1. The number of benzene rings is 2. The standard InChI is InChI=1S/C34H36N6O4S/c1-20-25(10-5-11-27(20)44-24-8-3-2-4-9-24)40-26-14-15-36-32-28(26)29(38-34(40)43)30(45-32)31(41)37-23-7-6-16-39(19-23)33(42)22(18-35)17-21-12-13-21/h2-5,8-11,17,21,23,26,28,32,36H,6-7,12-16,19H2,1H3,(H,37,41)(H,38,43)/b22-17+/t23-,26?,28?,32?/m0/s1. The molecule has 7 rings (SSSR count). The molecule has 4 aliphatic heterocycles. The minimum absolute atomic E-state index is 0.0539. The Morgan fingerprint density at radius 2 is 1.93 bits per heavy atom. The summed E-state index contributed by atoms with van der Waals surface area (Å²) in [5.74, 6) is 1.16. The van der Waals surface area contributed by atoms with Crippen LogP contribution in [-0.2, 0) is 9.59 Å². The van der Waals surface area contributed by atoms with Gasteiger partial charge in [0.2, 0.25) is 0 Å². The van der Waals surface area contributed by atoms with Crippen LogP contribution in [0.25, 0.3) is 0 Å². The number of hydrogen-bond donors (Lipinski definition) is 3. The van der Waals surface area contributed by atoms with Crippen LogP contribution in [0.5, 0.6) is 11.5 Å². The number of carbonyl (C=O) groups is 3. The summed E-state index contributed by atoms with van der Waals surface area (Å²) in [6.07, 6.45) is 6.06. The van der Waals surface area contributed by atoms with Crippen LogP contribution in [0.15, 0.2) is 70.8 Å². The molecule has 45 heavy (non-hydrogen) atoms. The molecule has 10 nitrogen and oxygen atoms in total. The predicted octanol–water partition coefficient (Wildman–Crippen LogP) is 4.55. The molecule has 3 saturated heterocycles. The van der Waals surface area contributed by atoms with Crippen molar-refractivity contribution in [3.8, 4) is 17.6 Å². The van der Waals surface area contributed by atoms with E-state index in [2.05, 4.69) is 22.0 Å². The molecule has 4 atom stereocenters. The Morgan fingerprint density at radius 1 is 1.11 bits per heavy atom. The highest BCUT2D eigenvalue weighted by molar-refractivity contribution is 8.04. The van der Waals surface area contributed by atoms with Gasteiger partial charge in [-0.2, -0.15) is 5.26 Å². The number of allylic oxidation sites excluding steroid dienone is 1. The summed E-state index contributed by atoms with van der Waals surface area (Å²) in [5, 5.41) is 19.3. The van der Waals surface area contributed by atoms with E-state index in [4.69, 9.17) is 4.74 Å². The molecule has 2 aromatic carbocycles. The second-order valence-electron chi connectivity index (χ2n) is 12.3. The van der Waals surface area contributed by atoms with Crippen LogP contribution in [-0.4, -0.2) is 59.8 Å². The van der Waals surface area contributed by atoms with E-state index in [1.165, 1.54) is 11.8 Å². The lowest BCUT2D eigenvalue weighted by molar-refractivity contribution is -0.129. The van der Waals surface area contributed by atoms with Gasteiger partial charge < -0.3 is 25.6 Å². The van der Waals surface area contributed by atoms with Crippen LogP contribution in [0.2, 0.25) is 0 Å². The number of carbonyl (C=O) groups excluding carboxylic acids is 3. The van der Waals surface area contributed by atoms with Crippen molar-refractivity contribution in [2.24, 2.45) is 11.8 Å². The average molecular weight is 625 g/mol. The van der Waals surface area contributed by atoms with Crippen LogP contribution < -0.4 is 25.6 Å². The summed E-state index contributed by atoms with van der Waals surface area (Å²) in [6.45, 7) is 3.61. The lowest BCUT2D eigenvalue weighted by atomic mass is 9.86. The summed E-state index contributed by atoms with van der Waals surface area (Å²) in [5.41, 5.74) is 2.51. The molecule has 232 valence electrons. The Kier molecular flexibility index (Phi) is 8.02. The summed E-state index contributed by atoms with van der Waals surface area (Å²) in [6, 6.07) is 16.8. The van der Waals surface area contributed by atoms with Gasteiger partial charge in [-0.3, -0.25) is 14.5 Å². The minimum Gasteiger partial charge on any atom is -0.457 e. The Hall–Kier alpha value is -4.27. The molecule has 3 N–H and O–H groups in total. The molecular formula is C34H36N6O4S. The maximum absolute atomic E-state index is 13.8. The van der Waals surface area contributed by atoms with Crippen molar-refractivity contribution in [3.05, 3.63) is 76.3 Å². The molecule has 11 heteroatoms. The fourth-order valence-corrected chi connectivity index (χ4v) is 8.25. The maximum Gasteiger partial charge on any atom is 0.326 e. The Bertz CT molecular complexity index is 1630. The zero-order valence-electron chi connectivity index (χ0n) is 25.1. The highest BCUT2D eigenvalue weighted by atomic mass is 32.2. The molecule has 4 heterocycles. The molecule has 0 aromatic heterocycles. The number of ether oxygens (including phenoxy) is 1. The number of para-hydroxylation sites is 1. The summed E-state index contributed by atoms with van der Waals surface area (Å²) >= 11 is 1.46. The smallest absolute Gasteiger partial charge is 0.326 e. The van der Waals surface area contributed by atoms with Crippen LogP contribution >= 0.6 is 11.8 Å².